The van der Waals surface area contributed by atoms with Gasteiger partial charge in [-0.15, -0.1) is 0 Å². The normalized spacial score (nSPS) is 22.4. The number of nitrogens with zero attached hydrogens (tertiary/aromatic N) is 4. The van der Waals surface area contributed by atoms with Crippen molar-refractivity contribution in [2.75, 3.05) is 61.0 Å². The van der Waals surface area contributed by atoms with Crippen LogP contribution in [0, 0.1) is 5.41 Å². The van der Waals surface area contributed by atoms with Crippen molar-refractivity contribution in [3.05, 3.63) is 29.8 Å². The maximum atomic E-state index is 13.2. The Morgan fingerprint density at radius 1 is 1.11 bits per heavy atom. The first kappa shape index (κ1) is 20.0. The van der Waals surface area contributed by atoms with E-state index in [-0.39, 0.29) is 17.8 Å². The van der Waals surface area contributed by atoms with Crippen LogP contribution in [0.3, 0.4) is 0 Å². The zero-order valence-corrected chi connectivity index (χ0v) is 17.0. The molecule has 8 nitrogen and oxygen atoms in total. The number of carbonyl (C=O) groups is 3. The minimum absolute atomic E-state index is 0.0490. The fraction of sp³-hybridized carbons (Fsp3) is 0.550. The van der Waals surface area contributed by atoms with E-state index in [1.807, 2.05) is 0 Å². The predicted octanol–water partition coefficient (Wildman–Crippen LogP) is 0.983. The van der Waals surface area contributed by atoms with Crippen LogP contribution >= 0.6 is 0 Å². The van der Waals surface area contributed by atoms with E-state index in [0.29, 0.717) is 50.5 Å². The number of carbonyl (C=O) groups excluding carboxylic acids is 3. The third kappa shape index (κ3) is 3.90. The smallest absolute Gasteiger partial charge is 0.319 e. The van der Waals surface area contributed by atoms with Crippen molar-refractivity contribution in [1.29, 1.82) is 0 Å². The second-order valence-electron chi connectivity index (χ2n) is 7.98. The molecule has 0 bridgehead atoms. The topological polar surface area (TPSA) is 73.4 Å². The summed E-state index contributed by atoms with van der Waals surface area (Å²) in [5.74, 6) is 0.558. The molecule has 0 aliphatic carbocycles. The van der Waals surface area contributed by atoms with E-state index in [0.717, 1.165) is 0 Å². The molecule has 152 valence electrons. The second kappa shape index (κ2) is 7.69. The summed E-state index contributed by atoms with van der Waals surface area (Å²) in [6.45, 7) is 2.30. The van der Waals surface area contributed by atoms with E-state index >= 15 is 0 Å². The van der Waals surface area contributed by atoms with E-state index in [1.165, 1.54) is 4.90 Å². The highest BCUT2D eigenvalue weighted by atomic mass is 16.5. The van der Waals surface area contributed by atoms with Crippen molar-refractivity contribution >= 4 is 17.8 Å². The van der Waals surface area contributed by atoms with Crippen LogP contribution in [-0.2, 0) is 4.79 Å². The van der Waals surface area contributed by atoms with Gasteiger partial charge in [0.15, 0.2) is 0 Å². The van der Waals surface area contributed by atoms with Gasteiger partial charge in [-0.1, -0.05) is 6.07 Å². The molecule has 1 aromatic carbocycles. The van der Waals surface area contributed by atoms with E-state index in [9.17, 15) is 14.4 Å². The van der Waals surface area contributed by atoms with Crippen LogP contribution in [0.25, 0.3) is 0 Å². The molecule has 28 heavy (non-hydrogen) atoms. The first-order valence-electron chi connectivity index (χ1n) is 9.38. The third-order valence-corrected chi connectivity index (χ3v) is 5.47. The van der Waals surface area contributed by atoms with Crippen LogP contribution in [0.2, 0.25) is 0 Å². The molecule has 0 aromatic heterocycles. The number of amides is 4. The molecule has 2 fully saturated rings. The summed E-state index contributed by atoms with van der Waals surface area (Å²) >= 11 is 0. The molecule has 3 rings (SSSR count). The van der Waals surface area contributed by atoms with Gasteiger partial charge in [-0.05, 0) is 18.2 Å². The Kier molecular flexibility index (Phi) is 5.49. The number of hydrogen-bond donors (Lipinski definition) is 0. The molecule has 0 radical (unpaired) electrons. The van der Waals surface area contributed by atoms with Gasteiger partial charge in [-0.2, -0.15) is 0 Å². The minimum atomic E-state index is -0.456. The van der Waals surface area contributed by atoms with Gasteiger partial charge in [-0.25, -0.2) is 4.79 Å². The van der Waals surface area contributed by atoms with Gasteiger partial charge in [0.25, 0.3) is 5.91 Å². The summed E-state index contributed by atoms with van der Waals surface area (Å²) in [5.41, 5.74) is 0.0854. The Hall–Kier alpha value is -2.77. The van der Waals surface area contributed by atoms with Crippen molar-refractivity contribution in [2.24, 2.45) is 5.41 Å². The molecule has 2 aliphatic heterocycles. The summed E-state index contributed by atoms with van der Waals surface area (Å²) < 4.78 is 5.23. The van der Waals surface area contributed by atoms with Crippen molar-refractivity contribution in [3.63, 3.8) is 0 Å². The molecular formula is C20H28N4O4. The van der Waals surface area contributed by atoms with Gasteiger partial charge in [0, 0.05) is 71.3 Å². The quantitative estimate of drug-likeness (QED) is 0.757. The zero-order chi connectivity index (χ0) is 20.5. The maximum absolute atomic E-state index is 13.2. The second-order valence-corrected chi connectivity index (χ2v) is 7.98. The first-order valence-corrected chi connectivity index (χ1v) is 9.38. The van der Waals surface area contributed by atoms with Gasteiger partial charge >= 0.3 is 6.03 Å². The molecule has 0 N–H and O–H groups in total. The van der Waals surface area contributed by atoms with Gasteiger partial charge in [0.2, 0.25) is 5.91 Å². The van der Waals surface area contributed by atoms with Crippen LogP contribution in [0.1, 0.15) is 16.8 Å². The zero-order valence-electron chi connectivity index (χ0n) is 17.0. The number of methoxy groups -OCH3 is 1. The number of rotatable bonds is 2. The van der Waals surface area contributed by atoms with E-state index in [4.69, 9.17) is 4.74 Å². The van der Waals surface area contributed by atoms with E-state index in [2.05, 4.69) is 0 Å². The Morgan fingerprint density at radius 3 is 2.39 bits per heavy atom. The standard InChI is InChI=1S/C20H28N4O4/c1-21(2)19(27)24-9-8-23(13-20(14-24)11-17(25)22(3)12-20)18(26)15-6-5-7-16(10-15)28-4/h5-7,10H,8-9,11-14H2,1-4H3/t20-/m0/s1. The maximum Gasteiger partial charge on any atom is 0.319 e. The highest BCUT2D eigenvalue weighted by Crippen LogP contribution is 2.35. The molecule has 0 saturated carbocycles. The van der Waals surface area contributed by atoms with Crippen LogP contribution in [0.5, 0.6) is 5.75 Å². The molecule has 4 amide bonds. The third-order valence-electron chi connectivity index (χ3n) is 5.47. The number of ether oxygens (including phenoxy) is 1. The molecule has 2 aliphatic rings. The Morgan fingerprint density at radius 2 is 1.79 bits per heavy atom. The lowest BCUT2D eigenvalue weighted by Crippen LogP contribution is -2.47. The molecule has 1 atom stereocenters. The van der Waals surface area contributed by atoms with E-state index < -0.39 is 5.41 Å². The molecule has 2 saturated heterocycles. The SMILES string of the molecule is COc1cccc(C(=O)N2CCN(C(=O)N(C)C)C[C@]3(CC(=O)N(C)C3)C2)c1. The van der Waals surface area contributed by atoms with Crippen molar-refractivity contribution in [1.82, 2.24) is 19.6 Å². The summed E-state index contributed by atoms with van der Waals surface area (Å²) in [6, 6.07) is 6.96. The van der Waals surface area contributed by atoms with Crippen LogP contribution in [0.15, 0.2) is 24.3 Å². The van der Waals surface area contributed by atoms with Gasteiger partial charge < -0.3 is 24.3 Å². The van der Waals surface area contributed by atoms with Crippen LogP contribution < -0.4 is 4.74 Å². The monoisotopic (exact) mass is 388 g/mol. The number of benzene rings is 1. The van der Waals surface area contributed by atoms with Gasteiger partial charge in [-0.3, -0.25) is 9.59 Å². The molecule has 8 heteroatoms. The molecule has 1 aromatic rings. The van der Waals surface area contributed by atoms with Gasteiger partial charge in [0.05, 0.1) is 7.11 Å². The van der Waals surface area contributed by atoms with Crippen molar-refractivity contribution in [3.8, 4) is 5.75 Å². The van der Waals surface area contributed by atoms with Crippen molar-refractivity contribution in [2.45, 2.75) is 6.42 Å². The molecule has 0 unspecified atom stereocenters. The number of urea groups is 1. The summed E-state index contributed by atoms with van der Waals surface area (Å²) in [6.07, 6.45) is 0.336. The highest BCUT2D eigenvalue weighted by Gasteiger charge is 2.47. The highest BCUT2D eigenvalue weighted by molar-refractivity contribution is 5.95. The van der Waals surface area contributed by atoms with Gasteiger partial charge in [0.1, 0.15) is 5.75 Å². The lowest BCUT2D eigenvalue weighted by atomic mass is 9.86. The number of hydrogen-bond acceptors (Lipinski definition) is 4. The lowest BCUT2D eigenvalue weighted by molar-refractivity contribution is -0.126. The van der Waals surface area contributed by atoms with E-state index in [1.54, 1.807) is 67.2 Å². The lowest BCUT2D eigenvalue weighted by Gasteiger charge is -2.34. The molecule has 1 spiro atoms. The first-order chi connectivity index (χ1) is 13.2. The molecular weight excluding hydrogens is 360 g/mol. The van der Waals surface area contributed by atoms with Crippen molar-refractivity contribution < 1.29 is 19.1 Å². The minimum Gasteiger partial charge on any atom is -0.497 e. The van der Waals surface area contributed by atoms with Crippen LogP contribution in [0.4, 0.5) is 4.79 Å². The Balaban J connectivity index is 1.89. The fourth-order valence-corrected chi connectivity index (χ4v) is 4.13. The Bertz CT molecular complexity index is 781. The summed E-state index contributed by atoms with van der Waals surface area (Å²) in [7, 11) is 6.76. The largest absolute Gasteiger partial charge is 0.497 e. The van der Waals surface area contributed by atoms with Crippen LogP contribution in [-0.4, -0.2) is 98.4 Å². The molecule has 2 heterocycles. The average molecular weight is 388 g/mol. The predicted molar refractivity (Wildman–Crippen MR) is 104 cm³/mol. The number of likely N-dealkylation sites (tertiary alicyclic amines) is 1. The average Bonchev–Trinajstić information content (AvgIpc) is 2.84. The Labute approximate surface area is 165 Å². The fourth-order valence-electron chi connectivity index (χ4n) is 4.13. The summed E-state index contributed by atoms with van der Waals surface area (Å²) in [4.78, 5) is 44.9. The summed E-state index contributed by atoms with van der Waals surface area (Å²) in [5, 5.41) is 0.